The van der Waals surface area contributed by atoms with Gasteiger partial charge in [0.05, 0.1) is 0 Å². The summed E-state index contributed by atoms with van der Waals surface area (Å²) in [6, 6.07) is 0.761. The molecule has 1 rings (SSSR count). The molecular formula is C12H25N3O2. The third kappa shape index (κ3) is 8.94. The van der Waals surface area contributed by atoms with Gasteiger partial charge in [-0.05, 0) is 33.6 Å². The molecule has 0 unspecified atom stereocenters. The average Bonchev–Trinajstić information content (AvgIpc) is 2.97. The van der Waals surface area contributed by atoms with Gasteiger partial charge in [0, 0.05) is 32.2 Å². The van der Waals surface area contributed by atoms with E-state index in [9.17, 15) is 4.79 Å². The highest BCUT2D eigenvalue weighted by atomic mass is 16.6. The van der Waals surface area contributed by atoms with Crippen LogP contribution < -0.4 is 16.0 Å². The van der Waals surface area contributed by atoms with E-state index in [-0.39, 0.29) is 6.09 Å². The van der Waals surface area contributed by atoms with E-state index in [2.05, 4.69) is 16.0 Å². The predicted molar refractivity (Wildman–Crippen MR) is 68.1 cm³/mol. The van der Waals surface area contributed by atoms with Crippen molar-refractivity contribution >= 4 is 6.09 Å². The molecule has 0 atom stereocenters. The minimum absolute atomic E-state index is 0.351. The lowest BCUT2D eigenvalue weighted by molar-refractivity contribution is 0.0528. The summed E-state index contributed by atoms with van der Waals surface area (Å²) in [6.07, 6.45) is 2.29. The van der Waals surface area contributed by atoms with E-state index in [0.29, 0.717) is 6.54 Å². The quantitative estimate of drug-likeness (QED) is 0.580. The normalized spacial score (nSPS) is 15.7. The summed E-state index contributed by atoms with van der Waals surface area (Å²) in [4.78, 5) is 11.3. The second-order valence-electron chi connectivity index (χ2n) is 5.41. The smallest absolute Gasteiger partial charge is 0.407 e. The summed E-state index contributed by atoms with van der Waals surface area (Å²) in [5.74, 6) is 0. The first-order valence-corrected chi connectivity index (χ1v) is 6.38. The second-order valence-corrected chi connectivity index (χ2v) is 5.41. The Labute approximate surface area is 104 Å². The van der Waals surface area contributed by atoms with Crippen LogP contribution in [0, 0.1) is 0 Å². The Morgan fingerprint density at radius 1 is 1.18 bits per heavy atom. The monoisotopic (exact) mass is 243 g/mol. The topological polar surface area (TPSA) is 62.4 Å². The van der Waals surface area contributed by atoms with Crippen molar-refractivity contribution in [3.63, 3.8) is 0 Å². The highest BCUT2D eigenvalue weighted by Crippen LogP contribution is 2.17. The molecule has 0 aromatic heterocycles. The number of amides is 1. The van der Waals surface area contributed by atoms with Crippen LogP contribution in [0.2, 0.25) is 0 Å². The van der Waals surface area contributed by atoms with Gasteiger partial charge in [0.1, 0.15) is 5.60 Å². The molecule has 1 amide bonds. The van der Waals surface area contributed by atoms with Crippen LogP contribution in [-0.4, -0.2) is 43.9 Å². The van der Waals surface area contributed by atoms with Crippen molar-refractivity contribution in [2.75, 3.05) is 26.2 Å². The molecule has 0 aromatic carbocycles. The Kier molecular flexibility index (Phi) is 5.71. The number of hydrogen-bond acceptors (Lipinski definition) is 4. The molecule has 1 saturated carbocycles. The molecule has 1 fully saturated rings. The standard InChI is InChI=1S/C12H25N3O2/c1-12(2,3)17-11(16)15-9-7-13-6-8-14-10-4-5-10/h10,13-14H,4-9H2,1-3H3,(H,15,16). The minimum Gasteiger partial charge on any atom is -0.444 e. The molecule has 17 heavy (non-hydrogen) atoms. The van der Waals surface area contributed by atoms with Crippen molar-refractivity contribution in [2.45, 2.75) is 45.3 Å². The Morgan fingerprint density at radius 2 is 1.82 bits per heavy atom. The van der Waals surface area contributed by atoms with Gasteiger partial charge in [-0.15, -0.1) is 0 Å². The lowest BCUT2D eigenvalue weighted by atomic mass is 10.2. The number of hydrogen-bond donors (Lipinski definition) is 3. The molecule has 0 spiro atoms. The molecule has 0 saturated heterocycles. The second kappa shape index (κ2) is 6.81. The van der Waals surface area contributed by atoms with Crippen molar-refractivity contribution in [1.29, 1.82) is 0 Å². The van der Waals surface area contributed by atoms with E-state index in [0.717, 1.165) is 25.7 Å². The summed E-state index contributed by atoms with van der Waals surface area (Å²) in [5, 5.41) is 9.37. The van der Waals surface area contributed by atoms with Crippen LogP contribution in [0.15, 0.2) is 0 Å². The molecule has 100 valence electrons. The number of rotatable bonds is 7. The maximum atomic E-state index is 11.3. The molecule has 0 heterocycles. The molecule has 3 N–H and O–H groups in total. The van der Waals surface area contributed by atoms with Crippen LogP contribution in [0.3, 0.4) is 0 Å². The van der Waals surface area contributed by atoms with E-state index < -0.39 is 5.60 Å². The summed E-state index contributed by atoms with van der Waals surface area (Å²) in [6.45, 7) is 8.87. The zero-order valence-electron chi connectivity index (χ0n) is 11.1. The fourth-order valence-electron chi connectivity index (χ4n) is 1.34. The number of carbonyl (C=O) groups excluding carboxylic acids is 1. The molecular weight excluding hydrogens is 218 g/mol. The SMILES string of the molecule is CC(C)(C)OC(=O)NCCNCCNC1CC1. The number of carbonyl (C=O) groups is 1. The maximum Gasteiger partial charge on any atom is 0.407 e. The summed E-state index contributed by atoms with van der Waals surface area (Å²) in [5.41, 5.74) is -0.425. The first kappa shape index (κ1) is 14.3. The lowest BCUT2D eigenvalue weighted by Crippen LogP contribution is -2.38. The predicted octanol–water partition coefficient (Wildman–Crippen LogP) is 0.853. The van der Waals surface area contributed by atoms with Crippen LogP contribution in [0.4, 0.5) is 4.79 Å². The van der Waals surface area contributed by atoms with Gasteiger partial charge in [-0.2, -0.15) is 0 Å². The third-order valence-corrected chi connectivity index (χ3v) is 2.28. The van der Waals surface area contributed by atoms with Crippen LogP contribution in [-0.2, 0) is 4.74 Å². The van der Waals surface area contributed by atoms with Gasteiger partial charge in [-0.25, -0.2) is 4.79 Å². The van der Waals surface area contributed by atoms with Gasteiger partial charge in [0.25, 0.3) is 0 Å². The Balaban J connectivity index is 1.84. The number of alkyl carbamates (subject to hydrolysis) is 1. The third-order valence-electron chi connectivity index (χ3n) is 2.28. The highest BCUT2D eigenvalue weighted by molar-refractivity contribution is 5.67. The van der Waals surface area contributed by atoms with Crippen molar-refractivity contribution in [2.24, 2.45) is 0 Å². The Hall–Kier alpha value is -0.810. The van der Waals surface area contributed by atoms with Crippen LogP contribution in [0.5, 0.6) is 0 Å². The summed E-state index contributed by atoms with van der Waals surface area (Å²) in [7, 11) is 0. The van der Waals surface area contributed by atoms with E-state index in [1.807, 2.05) is 20.8 Å². The van der Waals surface area contributed by atoms with Crippen LogP contribution in [0.1, 0.15) is 33.6 Å². The Bertz CT molecular complexity index is 234. The zero-order valence-corrected chi connectivity index (χ0v) is 11.1. The fraction of sp³-hybridized carbons (Fsp3) is 0.917. The molecule has 1 aliphatic carbocycles. The molecule has 0 bridgehead atoms. The first-order valence-electron chi connectivity index (χ1n) is 6.38. The zero-order chi connectivity index (χ0) is 12.7. The largest absolute Gasteiger partial charge is 0.444 e. The first-order chi connectivity index (χ1) is 7.97. The highest BCUT2D eigenvalue weighted by Gasteiger charge is 2.19. The van der Waals surface area contributed by atoms with Crippen LogP contribution >= 0.6 is 0 Å². The Morgan fingerprint density at radius 3 is 2.41 bits per heavy atom. The lowest BCUT2D eigenvalue weighted by Gasteiger charge is -2.19. The van der Waals surface area contributed by atoms with Gasteiger partial charge < -0.3 is 20.7 Å². The fourth-order valence-corrected chi connectivity index (χ4v) is 1.34. The average molecular weight is 243 g/mol. The molecule has 1 aliphatic rings. The van der Waals surface area contributed by atoms with Gasteiger partial charge >= 0.3 is 6.09 Å². The van der Waals surface area contributed by atoms with Crippen LogP contribution in [0.25, 0.3) is 0 Å². The van der Waals surface area contributed by atoms with E-state index in [1.165, 1.54) is 12.8 Å². The van der Waals surface area contributed by atoms with Crippen molar-refractivity contribution in [3.05, 3.63) is 0 Å². The molecule has 5 nitrogen and oxygen atoms in total. The molecule has 0 radical (unpaired) electrons. The molecule has 5 heteroatoms. The molecule has 0 aromatic rings. The van der Waals surface area contributed by atoms with Gasteiger partial charge in [0.15, 0.2) is 0 Å². The molecule has 0 aliphatic heterocycles. The maximum absolute atomic E-state index is 11.3. The van der Waals surface area contributed by atoms with Gasteiger partial charge in [-0.3, -0.25) is 0 Å². The number of nitrogens with one attached hydrogen (secondary N) is 3. The van der Waals surface area contributed by atoms with Gasteiger partial charge in [-0.1, -0.05) is 0 Å². The summed E-state index contributed by atoms with van der Waals surface area (Å²) >= 11 is 0. The van der Waals surface area contributed by atoms with E-state index >= 15 is 0 Å². The van der Waals surface area contributed by atoms with Crippen molar-refractivity contribution < 1.29 is 9.53 Å². The van der Waals surface area contributed by atoms with Crippen molar-refractivity contribution in [1.82, 2.24) is 16.0 Å². The van der Waals surface area contributed by atoms with Gasteiger partial charge in [0.2, 0.25) is 0 Å². The minimum atomic E-state index is -0.425. The number of ether oxygens (including phenoxy) is 1. The van der Waals surface area contributed by atoms with Crippen molar-refractivity contribution in [3.8, 4) is 0 Å². The van der Waals surface area contributed by atoms with E-state index in [1.54, 1.807) is 0 Å². The summed E-state index contributed by atoms with van der Waals surface area (Å²) < 4.78 is 5.11. The van der Waals surface area contributed by atoms with E-state index in [4.69, 9.17) is 4.74 Å².